The van der Waals surface area contributed by atoms with Crippen LogP contribution in [0.1, 0.15) is 31.2 Å². The van der Waals surface area contributed by atoms with E-state index in [9.17, 15) is 9.59 Å². The first kappa shape index (κ1) is 17.1. The summed E-state index contributed by atoms with van der Waals surface area (Å²) in [7, 11) is 3.36. The Morgan fingerprint density at radius 2 is 2.00 bits per heavy atom. The van der Waals surface area contributed by atoms with Crippen LogP contribution < -0.4 is 10.1 Å². The SMILES string of the molecule is COc1cccc(CN(C)C(=O)NC2CCC(C(=O)O)CC2)c1. The van der Waals surface area contributed by atoms with E-state index in [-0.39, 0.29) is 18.0 Å². The van der Waals surface area contributed by atoms with Gasteiger partial charge >= 0.3 is 12.0 Å². The third-order valence-electron chi connectivity index (χ3n) is 4.30. The summed E-state index contributed by atoms with van der Waals surface area (Å²) in [6.45, 7) is 0.494. The number of ether oxygens (including phenoxy) is 1. The largest absolute Gasteiger partial charge is 0.497 e. The van der Waals surface area contributed by atoms with Crippen LogP contribution in [-0.2, 0) is 11.3 Å². The molecular weight excluding hydrogens is 296 g/mol. The molecule has 1 aliphatic rings. The van der Waals surface area contributed by atoms with Crippen LogP contribution in [0, 0.1) is 5.92 Å². The summed E-state index contributed by atoms with van der Waals surface area (Å²) in [6.07, 6.45) is 2.69. The van der Waals surface area contributed by atoms with E-state index in [0.29, 0.717) is 19.4 Å². The van der Waals surface area contributed by atoms with Gasteiger partial charge in [0.1, 0.15) is 5.75 Å². The summed E-state index contributed by atoms with van der Waals surface area (Å²) >= 11 is 0. The normalized spacial score (nSPS) is 20.6. The summed E-state index contributed by atoms with van der Waals surface area (Å²) in [4.78, 5) is 24.8. The summed E-state index contributed by atoms with van der Waals surface area (Å²) in [5, 5.41) is 12.0. The molecule has 1 saturated carbocycles. The molecule has 0 saturated heterocycles. The van der Waals surface area contributed by atoms with Gasteiger partial charge < -0.3 is 20.1 Å². The zero-order valence-electron chi connectivity index (χ0n) is 13.6. The zero-order chi connectivity index (χ0) is 16.8. The maximum atomic E-state index is 12.3. The van der Waals surface area contributed by atoms with Gasteiger partial charge in [-0.1, -0.05) is 12.1 Å². The van der Waals surface area contributed by atoms with E-state index < -0.39 is 5.97 Å². The Hall–Kier alpha value is -2.24. The molecule has 0 radical (unpaired) electrons. The molecule has 1 aliphatic carbocycles. The Morgan fingerprint density at radius 3 is 2.61 bits per heavy atom. The summed E-state index contributed by atoms with van der Waals surface area (Å²) in [5.74, 6) is -0.231. The molecule has 0 atom stereocenters. The fourth-order valence-corrected chi connectivity index (χ4v) is 2.89. The van der Waals surface area contributed by atoms with E-state index in [2.05, 4.69) is 5.32 Å². The van der Waals surface area contributed by atoms with Gasteiger partial charge in [0.2, 0.25) is 0 Å². The average Bonchev–Trinajstić information content (AvgIpc) is 2.55. The molecule has 0 aliphatic heterocycles. The van der Waals surface area contributed by atoms with Gasteiger partial charge in [0.05, 0.1) is 13.0 Å². The van der Waals surface area contributed by atoms with E-state index in [0.717, 1.165) is 24.2 Å². The van der Waals surface area contributed by atoms with Gasteiger partial charge in [-0.05, 0) is 43.4 Å². The van der Waals surface area contributed by atoms with Gasteiger partial charge in [-0.15, -0.1) is 0 Å². The highest BCUT2D eigenvalue weighted by atomic mass is 16.5. The predicted octanol–water partition coefficient (Wildman–Crippen LogP) is 2.48. The third kappa shape index (κ3) is 4.87. The smallest absolute Gasteiger partial charge is 0.317 e. The number of carbonyl (C=O) groups excluding carboxylic acids is 1. The molecule has 0 unspecified atom stereocenters. The average molecular weight is 320 g/mol. The number of rotatable bonds is 5. The molecule has 1 fully saturated rings. The fraction of sp³-hybridized carbons (Fsp3) is 0.529. The molecule has 2 rings (SSSR count). The van der Waals surface area contributed by atoms with Crippen LogP contribution in [0.4, 0.5) is 4.79 Å². The quantitative estimate of drug-likeness (QED) is 0.873. The molecule has 1 aromatic carbocycles. The number of carbonyl (C=O) groups is 2. The molecule has 6 heteroatoms. The first-order chi connectivity index (χ1) is 11.0. The Balaban J connectivity index is 1.82. The zero-order valence-corrected chi connectivity index (χ0v) is 13.6. The minimum absolute atomic E-state index is 0.0610. The second kappa shape index (κ2) is 7.85. The second-order valence-corrected chi connectivity index (χ2v) is 6.04. The predicted molar refractivity (Wildman–Crippen MR) is 86.4 cm³/mol. The lowest BCUT2D eigenvalue weighted by Gasteiger charge is -2.29. The van der Waals surface area contributed by atoms with Crippen molar-refractivity contribution in [1.82, 2.24) is 10.2 Å². The van der Waals surface area contributed by atoms with Crippen LogP contribution in [0.15, 0.2) is 24.3 Å². The van der Waals surface area contributed by atoms with Gasteiger partial charge in [0, 0.05) is 19.6 Å². The fourth-order valence-electron chi connectivity index (χ4n) is 2.89. The molecule has 0 aromatic heterocycles. The molecule has 1 aromatic rings. The molecule has 0 heterocycles. The first-order valence-corrected chi connectivity index (χ1v) is 7.87. The van der Waals surface area contributed by atoms with Gasteiger partial charge in [0.15, 0.2) is 0 Å². The molecule has 2 amide bonds. The maximum Gasteiger partial charge on any atom is 0.317 e. The number of carboxylic acids is 1. The van der Waals surface area contributed by atoms with Crippen LogP contribution in [0.25, 0.3) is 0 Å². The summed E-state index contributed by atoms with van der Waals surface area (Å²) in [5.41, 5.74) is 0.997. The van der Waals surface area contributed by atoms with Crippen molar-refractivity contribution in [2.24, 2.45) is 5.92 Å². The lowest BCUT2D eigenvalue weighted by Crippen LogP contribution is -2.44. The number of hydrogen-bond acceptors (Lipinski definition) is 3. The number of urea groups is 1. The van der Waals surface area contributed by atoms with E-state index >= 15 is 0 Å². The van der Waals surface area contributed by atoms with E-state index in [1.165, 1.54) is 0 Å². The molecule has 2 N–H and O–H groups in total. The maximum absolute atomic E-state index is 12.3. The van der Waals surface area contributed by atoms with Gasteiger partial charge in [-0.25, -0.2) is 4.79 Å². The van der Waals surface area contributed by atoms with Crippen molar-refractivity contribution in [3.8, 4) is 5.75 Å². The Bertz CT molecular complexity index is 553. The lowest BCUT2D eigenvalue weighted by molar-refractivity contribution is -0.142. The monoisotopic (exact) mass is 320 g/mol. The highest BCUT2D eigenvalue weighted by Gasteiger charge is 2.27. The number of carboxylic acid groups (broad SMARTS) is 1. The minimum atomic E-state index is -0.732. The topological polar surface area (TPSA) is 78.9 Å². The Kier molecular flexibility index (Phi) is 5.84. The first-order valence-electron chi connectivity index (χ1n) is 7.87. The van der Waals surface area contributed by atoms with Crippen molar-refractivity contribution in [3.63, 3.8) is 0 Å². The van der Waals surface area contributed by atoms with Crippen molar-refractivity contribution >= 4 is 12.0 Å². The molecule has 126 valence electrons. The van der Waals surface area contributed by atoms with Gasteiger partial charge in [0.25, 0.3) is 0 Å². The summed E-state index contributed by atoms with van der Waals surface area (Å²) < 4.78 is 5.18. The molecule has 23 heavy (non-hydrogen) atoms. The Labute approximate surface area is 136 Å². The van der Waals surface area contributed by atoms with Crippen molar-refractivity contribution in [3.05, 3.63) is 29.8 Å². The number of nitrogens with zero attached hydrogens (tertiary/aromatic N) is 1. The van der Waals surface area contributed by atoms with Crippen LogP contribution in [0.2, 0.25) is 0 Å². The molecule has 0 spiro atoms. The number of methoxy groups -OCH3 is 1. The third-order valence-corrected chi connectivity index (χ3v) is 4.30. The van der Waals surface area contributed by atoms with Crippen molar-refractivity contribution in [1.29, 1.82) is 0 Å². The second-order valence-electron chi connectivity index (χ2n) is 6.04. The standard InChI is InChI=1S/C17H24N2O4/c1-19(11-12-4-3-5-15(10-12)23-2)17(22)18-14-8-6-13(7-9-14)16(20)21/h3-5,10,13-14H,6-9,11H2,1-2H3,(H,18,22)(H,20,21). The molecule has 0 bridgehead atoms. The minimum Gasteiger partial charge on any atom is -0.497 e. The van der Waals surface area contributed by atoms with E-state index in [4.69, 9.17) is 9.84 Å². The molecular formula is C17H24N2O4. The highest BCUT2D eigenvalue weighted by Crippen LogP contribution is 2.24. The highest BCUT2D eigenvalue weighted by molar-refractivity contribution is 5.74. The van der Waals surface area contributed by atoms with Crippen molar-refractivity contribution in [2.45, 2.75) is 38.3 Å². The van der Waals surface area contributed by atoms with Crippen LogP contribution in [0.3, 0.4) is 0 Å². The summed E-state index contributed by atoms with van der Waals surface area (Å²) in [6, 6.07) is 7.54. The number of amides is 2. The number of hydrogen-bond donors (Lipinski definition) is 2. The van der Waals surface area contributed by atoms with Gasteiger partial charge in [-0.3, -0.25) is 4.79 Å². The van der Waals surface area contributed by atoms with Crippen LogP contribution >= 0.6 is 0 Å². The number of nitrogens with one attached hydrogen (secondary N) is 1. The molecule has 6 nitrogen and oxygen atoms in total. The number of aliphatic carboxylic acids is 1. The van der Waals surface area contributed by atoms with E-state index in [1.807, 2.05) is 24.3 Å². The Morgan fingerprint density at radius 1 is 1.30 bits per heavy atom. The van der Waals surface area contributed by atoms with Crippen LogP contribution in [0.5, 0.6) is 5.75 Å². The van der Waals surface area contributed by atoms with Crippen LogP contribution in [-0.4, -0.2) is 42.2 Å². The van der Waals surface area contributed by atoms with Gasteiger partial charge in [-0.2, -0.15) is 0 Å². The lowest BCUT2D eigenvalue weighted by atomic mass is 9.86. The number of benzene rings is 1. The van der Waals surface area contributed by atoms with E-state index in [1.54, 1.807) is 19.1 Å². The van der Waals surface area contributed by atoms with Crippen molar-refractivity contribution in [2.75, 3.05) is 14.2 Å². The van der Waals surface area contributed by atoms with Crippen molar-refractivity contribution < 1.29 is 19.4 Å².